The molecule has 8 heteroatoms. The summed E-state index contributed by atoms with van der Waals surface area (Å²) in [6.07, 6.45) is 1.43. The molecule has 0 heterocycles. The second-order valence-corrected chi connectivity index (χ2v) is 8.23. The molecule has 0 fully saturated rings. The number of carbonyl (C=O) groups excluding carboxylic acids is 2. The van der Waals surface area contributed by atoms with E-state index in [9.17, 15) is 14.0 Å². The summed E-state index contributed by atoms with van der Waals surface area (Å²) in [4.78, 5) is 25.7. The molecule has 0 aliphatic carbocycles. The molecule has 1 aromatic rings. The number of nitrogens with zero attached hydrogens (tertiary/aromatic N) is 1. The van der Waals surface area contributed by atoms with Crippen LogP contribution in [-0.4, -0.2) is 53.2 Å². The third-order valence-corrected chi connectivity index (χ3v) is 3.14. The molecule has 1 N–H and O–H groups in total. The number of aliphatic hydroxyl groups is 1. The molecule has 2 amide bonds. The molecular weight excluding hydrogens is 381 g/mol. The zero-order chi connectivity index (χ0) is 22.2. The van der Waals surface area contributed by atoms with Crippen LogP contribution < -0.4 is 4.74 Å². The van der Waals surface area contributed by atoms with Crippen LogP contribution in [0.15, 0.2) is 24.3 Å². The first-order valence-corrected chi connectivity index (χ1v) is 9.25. The number of ether oxygens (including phenoxy) is 3. The Morgan fingerprint density at radius 2 is 1.62 bits per heavy atom. The van der Waals surface area contributed by atoms with Crippen molar-refractivity contribution < 1.29 is 33.3 Å². The number of amides is 2. The first-order chi connectivity index (χ1) is 13.3. The number of benzene rings is 1. The van der Waals surface area contributed by atoms with E-state index < -0.39 is 29.2 Å². The smallest absolute Gasteiger partial charge is 0.420 e. The highest BCUT2D eigenvalue weighted by Crippen LogP contribution is 2.22. The van der Waals surface area contributed by atoms with E-state index in [1.807, 2.05) is 0 Å². The highest BCUT2D eigenvalue weighted by molar-refractivity contribution is 5.88. The topological polar surface area (TPSA) is 85.3 Å². The number of carbonyl (C=O) groups is 2. The third kappa shape index (κ3) is 9.43. The Morgan fingerprint density at radius 3 is 2.10 bits per heavy atom. The molecule has 0 spiro atoms. The van der Waals surface area contributed by atoms with Gasteiger partial charge in [-0.1, -0.05) is 12.2 Å². The Labute approximate surface area is 171 Å². The van der Waals surface area contributed by atoms with Gasteiger partial charge in [0.15, 0.2) is 0 Å². The fraction of sp³-hybridized carbons (Fsp3) is 0.524. The summed E-state index contributed by atoms with van der Waals surface area (Å²) in [5, 5.41) is 8.90. The lowest BCUT2D eigenvalue weighted by molar-refractivity contribution is 0.00377. The number of aliphatic hydroxyl groups excluding tert-OH is 1. The van der Waals surface area contributed by atoms with Gasteiger partial charge in [0, 0.05) is 11.6 Å². The second-order valence-electron chi connectivity index (χ2n) is 8.23. The highest BCUT2D eigenvalue weighted by atomic mass is 19.1. The first kappa shape index (κ1) is 24.4. The van der Waals surface area contributed by atoms with Gasteiger partial charge in [-0.25, -0.2) is 18.9 Å². The van der Waals surface area contributed by atoms with Gasteiger partial charge in [-0.3, -0.25) is 0 Å². The van der Waals surface area contributed by atoms with Crippen LogP contribution in [0.3, 0.4) is 0 Å². The van der Waals surface area contributed by atoms with Crippen molar-refractivity contribution in [3.8, 4) is 5.75 Å². The zero-order valence-corrected chi connectivity index (χ0v) is 17.8. The van der Waals surface area contributed by atoms with Crippen LogP contribution in [0.25, 0.3) is 6.08 Å². The van der Waals surface area contributed by atoms with Gasteiger partial charge >= 0.3 is 12.2 Å². The van der Waals surface area contributed by atoms with E-state index in [1.54, 1.807) is 47.6 Å². The Bertz CT molecular complexity index is 706. The summed E-state index contributed by atoms with van der Waals surface area (Å²) in [5.74, 6) is -0.254. The van der Waals surface area contributed by atoms with Crippen LogP contribution in [0.1, 0.15) is 47.1 Å². The summed E-state index contributed by atoms with van der Waals surface area (Å²) in [7, 11) is 0. The molecule has 162 valence electrons. The molecule has 0 aromatic heterocycles. The van der Waals surface area contributed by atoms with Crippen LogP contribution >= 0.6 is 0 Å². The minimum Gasteiger partial charge on any atom is -0.490 e. The maximum atomic E-state index is 13.5. The quantitative estimate of drug-likeness (QED) is 0.748. The van der Waals surface area contributed by atoms with Crippen LogP contribution in [0, 0.1) is 5.82 Å². The predicted octanol–water partition coefficient (Wildman–Crippen LogP) is 4.38. The summed E-state index contributed by atoms with van der Waals surface area (Å²) < 4.78 is 29.3. The molecule has 29 heavy (non-hydrogen) atoms. The maximum absolute atomic E-state index is 13.5. The van der Waals surface area contributed by atoms with Gasteiger partial charge < -0.3 is 19.3 Å². The monoisotopic (exact) mass is 411 g/mol. The molecule has 0 aliphatic heterocycles. The van der Waals surface area contributed by atoms with Crippen LogP contribution in [0.5, 0.6) is 5.75 Å². The lowest BCUT2D eigenvalue weighted by Gasteiger charge is -2.28. The third-order valence-electron chi connectivity index (χ3n) is 3.14. The van der Waals surface area contributed by atoms with Crippen LogP contribution in [0.2, 0.25) is 0 Å². The predicted molar refractivity (Wildman–Crippen MR) is 107 cm³/mol. The van der Waals surface area contributed by atoms with Crippen molar-refractivity contribution in [2.24, 2.45) is 0 Å². The molecular formula is C21H30FNO6. The molecule has 0 unspecified atom stereocenters. The second kappa shape index (κ2) is 10.2. The van der Waals surface area contributed by atoms with E-state index in [0.717, 1.165) is 4.90 Å². The molecule has 0 atom stereocenters. The van der Waals surface area contributed by atoms with Crippen LogP contribution in [0.4, 0.5) is 14.0 Å². The highest BCUT2D eigenvalue weighted by Gasteiger charge is 2.30. The van der Waals surface area contributed by atoms with E-state index in [2.05, 4.69) is 0 Å². The Hall–Kier alpha value is -2.61. The van der Waals surface area contributed by atoms with Gasteiger partial charge in [0.05, 0.1) is 13.2 Å². The van der Waals surface area contributed by atoms with Crippen molar-refractivity contribution in [1.82, 2.24) is 4.90 Å². The summed E-state index contributed by atoms with van der Waals surface area (Å²) in [5.41, 5.74) is -1.06. The van der Waals surface area contributed by atoms with Crippen molar-refractivity contribution in [2.45, 2.75) is 52.7 Å². The van der Waals surface area contributed by atoms with E-state index in [1.165, 1.54) is 24.3 Å². The Morgan fingerprint density at radius 1 is 1.07 bits per heavy atom. The molecule has 1 aromatic carbocycles. The number of hydrogen-bond acceptors (Lipinski definition) is 6. The summed E-state index contributed by atoms with van der Waals surface area (Å²) in [6, 6.07) is 3.93. The van der Waals surface area contributed by atoms with Gasteiger partial charge in [-0.05, 0) is 53.7 Å². The minimum atomic E-state index is -0.840. The van der Waals surface area contributed by atoms with Gasteiger partial charge in [0.25, 0.3) is 0 Å². The Kier molecular flexibility index (Phi) is 8.63. The number of hydrogen-bond donors (Lipinski definition) is 1. The van der Waals surface area contributed by atoms with Gasteiger partial charge in [0.2, 0.25) is 0 Å². The number of imide groups is 1. The first-order valence-electron chi connectivity index (χ1n) is 9.25. The summed E-state index contributed by atoms with van der Waals surface area (Å²) >= 11 is 0. The molecule has 0 bridgehead atoms. The summed E-state index contributed by atoms with van der Waals surface area (Å²) in [6.45, 7) is 9.81. The van der Waals surface area contributed by atoms with Gasteiger partial charge in [0.1, 0.15) is 29.4 Å². The lowest BCUT2D eigenvalue weighted by atomic mass is 10.2. The zero-order valence-electron chi connectivity index (χ0n) is 17.8. The largest absolute Gasteiger partial charge is 0.490 e. The average Bonchev–Trinajstić information content (AvgIpc) is 2.54. The SMILES string of the molecule is CC(C)(C)OC(=O)N(C/C=C/c1ccc(F)cc1OCCO)C(=O)OC(C)(C)C. The fourth-order valence-electron chi connectivity index (χ4n) is 2.07. The fourth-order valence-corrected chi connectivity index (χ4v) is 2.07. The average molecular weight is 411 g/mol. The standard InChI is InChI=1S/C21H30FNO6/c1-20(2,3)28-18(25)23(19(26)29-21(4,5)6)11-7-8-15-9-10-16(22)14-17(15)27-13-12-24/h7-10,14,24H,11-13H2,1-6H3/b8-7+. The minimum absolute atomic E-state index is 0.00619. The molecule has 0 saturated carbocycles. The van der Waals surface area contributed by atoms with Crippen LogP contribution in [-0.2, 0) is 9.47 Å². The Balaban J connectivity index is 3.02. The van der Waals surface area contributed by atoms with Crippen molar-refractivity contribution >= 4 is 18.3 Å². The molecule has 1 rings (SSSR count). The van der Waals surface area contributed by atoms with Gasteiger partial charge in [-0.15, -0.1) is 0 Å². The van der Waals surface area contributed by atoms with Crippen molar-refractivity contribution in [3.63, 3.8) is 0 Å². The van der Waals surface area contributed by atoms with Crippen molar-refractivity contribution in [2.75, 3.05) is 19.8 Å². The van der Waals surface area contributed by atoms with Crippen molar-refractivity contribution in [3.05, 3.63) is 35.7 Å². The van der Waals surface area contributed by atoms with Crippen molar-refractivity contribution in [1.29, 1.82) is 0 Å². The molecule has 7 nitrogen and oxygen atoms in total. The van der Waals surface area contributed by atoms with E-state index in [0.29, 0.717) is 5.56 Å². The maximum Gasteiger partial charge on any atom is 0.420 e. The lowest BCUT2D eigenvalue weighted by Crippen LogP contribution is -2.43. The normalized spacial score (nSPS) is 12.0. The number of rotatable bonds is 6. The van der Waals surface area contributed by atoms with Gasteiger partial charge in [-0.2, -0.15) is 0 Å². The van der Waals surface area contributed by atoms with E-state index in [4.69, 9.17) is 19.3 Å². The van der Waals surface area contributed by atoms with E-state index in [-0.39, 0.29) is 25.5 Å². The number of halogens is 1. The molecule has 0 radical (unpaired) electrons. The molecule has 0 saturated heterocycles. The van der Waals surface area contributed by atoms with E-state index >= 15 is 0 Å². The molecule has 0 aliphatic rings.